The van der Waals surface area contributed by atoms with Gasteiger partial charge in [0.25, 0.3) is 5.91 Å². The fourth-order valence-electron chi connectivity index (χ4n) is 3.51. The SMILES string of the molecule is N=C(CC(N)=NC1N=C(c2ccccc2)c2ccccc2NC1=O)c1ccc(C(F)(F)F)cc1. The van der Waals surface area contributed by atoms with Gasteiger partial charge in [0.1, 0.15) is 5.84 Å². The van der Waals surface area contributed by atoms with Crippen LogP contribution in [0, 0.1) is 5.41 Å². The number of hydrogen-bond donors (Lipinski definition) is 3. The molecule has 1 unspecified atom stereocenters. The number of carbonyl (C=O) groups excluding carboxylic acids is 1. The number of benzene rings is 3. The van der Waals surface area contributed by atoms with Crippen LogP contribution in [0.1, 0.15) is 28.7 Å². The maximum atomic E-state index is 12.8. The highest BCUT2D eigenvalue weighted by molar-refractivity contribution is 6.20. The minimum absolute atomic E-state index is 0.0282. The number of nitrogens with two attached hydrogens (primary N) is 1. The van der Waals surface area contributed by atoms with E-state index in [1.807, 2.05) is 42.5 Å². The van der Waals surface area contributed by atoms with Gasteiger partial charge in [-0.15, -0.1) is 0 Å². The second-order valence-electron chi connectivity index (χ2n) is 7.60. The van der Waals surface area contributed by atoms with E-state index in [1.165, 1.54) is 12.1 Å². The Morgan fingerprint density at radius 1 is 1.00 bits per heavy atom. The highest BCUT2D eigenvalue weighted by Crippen LogP contribution is 2.29. The molecule has 0 saturated heterocycles. The van der Waals surface area contributed by atoms with Crippen molar-refractivity contribution in [2.24, 2.45) is 15.7 Å². The molecule has 1 aliphatic heterocycles. The van der Waals surface area contributed by atoms with Crippen LogP contribution in [0.25, 0.3) is 0 Å². The summed E-state index contributed by atoms with van der Waals surface area (Å²) in [6.07, 6.45) is -5.80. The van der Waals surface area contributed by atoms with Crippen molar-refractivity contribution in [1.29, 1.82) is 5.41 Å². The van der Waals surface area contributed by atoms with Gasteiger partial charge in [0.15, 0.2) is 0 Å². The third kappa shape index (κ3) is 5.03. The maximum absolute atomic E-state index is 12.8. The second-order valence-corrected chi connectivity index (χ2v) is 7.60. The molecule has 3 aromatic rings. The Labute approximate surface area is 193 Å². The molecule has 0 bridgehead atoms. The smallest absolute Gasteiger partial charge is 0.387 e. The van der Waals surface area contributed by atoms with Crippen molar-refractivity contribution in [2.75, 3.05) is 5.32 Å². The van der Waals surface area contributed by atoms with Crippen molar-refractivity contribution in [2.45, 2.75) is 18.8 Å². The first-order chi connectivity index (χ1) is 16.2. The molecule has 4 N–H and O–H groups in total. The molecular weight excluding hydrogens is 443 g/mol. The van der Waals surface area contributed by atoms with Gasteiger partial charge in [-0.1, -0.05) is 60.7 Å². The lowest BCUT2D eigenvalue weighted by molar-refractivity contribution is -0.137. The molecule has 3 aromatic carbocycles. The molecule has 9 heteroatoms. The Kier molecular flexibility index (Phi) is 6.27. The van der Waals surface area contributed by atoms with Crippen LogP contribution in [0.4, 0.5) is 18.9 Å². The number of hydrogen-bond acceptors (Lipinski definition) is 4. The molecule has 0 fully saturated rings. The monoisotopic (exact) mass is 463 g/mol. The zero-order valence-corrected chi connectivity index (χ0v) is 17.8. The predicted octanol–water partition coefficient (Wildman–Crippen LogP) is 4.64. The standard InChI is InChI=1S/C25H20F3N5O/c26-25(27,28)17-12-10-15(11-13-17)19(29)14-21(30)32-23-24(34)31-20-9-5-4-8-18(20)22(33-23)16-6-2-1-3-7-16/h1-13,23,29H,14H2,(H2,30,32)(H,31,34). The number of nitrogens with zero attached hydrogens (tertiary/aromatic N) is 2. The van der Waals surface area contributed by atoms with Gasteiger partial charge in [0.2, 0.25) is 6.17 Å². The van der Waals surface area contributed by atoms with Crippen LogP contribution >= 0.6 is 0 Å². The molecule has 0 saturated carbocycles. The average Bonchev–Trinajstić information content (AvgIpc) is 2.95. The van der Waals surface area contributed by atoms with E-state index in [1.54, 1.807) is 12.1 Å². The fraction of sp³-hybridized carbons (Fsp3) is 0.120. The quantitative estimate of drug-likeness (QED) is 0.379. The molecule has 6 nitrogen and oxygen atoms in total. The Hall–Kier alpha value is -4.27. The molecule has 1 heterocycles. The molecular formula is C25H20F3N5O. The molecule has 34 heavy (non-hydrogen) atoms. The van der Waals surface area contributed by atoms with E-state index in [9.17, 15) is 18.0 Å². The first-order valence-corrected chi connectivity index (χ1v) is 10.3. The maximum Gasteiger partial charge on any atom is 0.416 e. The summed E-state index contributed by atoms with van der Waals surface area (Å²) in [5, 5.41) is 11.0. The van der Waals surface area contributed by atoms with Crippen LogP contribution in [-0.4, -0.2) is 29.3 Å². The van der Waals surface area contributed by atoms with Gasteiger partial charge >= 0.3 is 6.18 Å². The number of alkyl halides is 3. The number of amides is 1. The van der Waals surface area contributed by atoms with Crippen LogP contribution in [-0.2, 0) is 11.0 Å². The number of anilines is 1. The van der Waals surface area contributed by atoms with Gasteiger partial charge in [0.05, 0.1) is 17.0 Å². The average molecular weight is 463 g/mol. The van der Waals surface area contributed by atoms with Crippen LogP contribution in [0.2, 0.25) is 0 Å². The third-order valence-corrected chi connectivity index (χ3v) is 5.18. The number of benzodiazepines with no additional fused rings is 1. The van der Waals surface area contributed by atoms with Gasteiger partial charge in [-0.05, 0) is 23.8 Å². The second kappa shape index (κ2) is 9.30. The number of rotatable bonds is 5. The highest BCUT2D eigenvalue weighted by atomic mass is 19.4. The molecule has 1 aliphatic rings. The Morgan fingerprint density at radius 2 is 1.65 bits per heavy atom. The molecule has 0 aliphatic carbocycles. The molecule has 1 atom stereocenters. The van der Waals surface area contributed by atoms with E-state index >= 15 is 0 Å². The molecule has 0 spiro atoms. The van der Waals surface area contributed by atoms with Crippen molar-refractivity contribution < 1.29 is 18.0 Å². The number of aliphatic imine (C=N–C) groups is 2. The molecule has 0 aromatic heterocycles. The molecule has 0 radical (unpaired) electrons. The van der Waals surface area contributed by atoms with Crippen molar-refractivity contribution in [3.05, 3.63) is 101 Å². The number of halogens is 3. The Morgan fingerprint density at radius 3 is 2.32 bits per heavy atom. The number of para-hydroxylation sites is 1. The van der Waals surface area contributed by atoms with Gasteiger partial charge in [-0.2, -0.15) is 13.2 Å². The summed E-state index contributed by atoms with van der Waals surface area (Å²) in [5.74, 6) is -0.519. The van der Waals surface area contributed by atoms with Crippen molar-refractivity contribution in [1.82, 2.24) is 0 Å². The number of amidine groups is 1. The van der Waals surface area contributed by atoms with E-state index in [4.69, 9.17) is 11.1 Å². The predicted molar refractivity (Wildman–Crippen MR) is 125 cm³/mol. The summed E-state index contributed by atoms with van der Waals surface area (Å²) in [5.41, 5.74) is 8.15. The molecule has 1 amide bonds. The first-order valence-electron chi connectivity index (χ1n) is 10.3. The zero-order valence-electron chi connectivity index (χ0n) is 17.8. The lowest BCUT2D eigenvalue weighted by atomic mass is 10.0. The van der Waals surface area contributed by atoms with Gasteiger partial charge in [-0.3, -0.25) is 4.79 Å². The summed E-state index contributed by atoms with van der Waals surface area (Å²) >= 11 is 0. The largest absolute Gasteiger partial charge is 0.416 e. The van der Waals surface area contributed by atoms with Crippen LogP contribution < -0.4 is 11.1 Å². The van der Waals surface area contributed by atoms with Crippen LogP contribution in [0.3, 0.4) is 0 Å². The van der Waals surface area contributed by atoms with Crippen LogP contribution in [0.5, 0.6) is 0 Å². The van der Waals surface area contributed by atoms with Gasteiger partial charge < -0.3 is 16.5 Å². The number of carbonyl (C=O) groups is 1. The third-order valence-electron chi connectivity index (χ3n) is 5.18. The summed E-state index contributed by atoms with van der Waals surface area (Å²) < 4.78 is 38.3. The van der Waals surface area contributed by atoms with E-state index in [2.05, 4.69) is 15.3 Å². The summed E-state index contributed by atoms with van der Waals surface area (Å²) in [6.45, 7) is 0. The minimum atomic E-state index is -4.46. The first kappa shape index (κ1) is 22.9. The molecule has 172 valence electrons. The van der Waals surface area contributed by atoms with Gasteiger partial charge in [0, 0.05) is 23.3 Å². The highest BCUT2D eigenvalue weighted by Gasteiger charge is 2.30. The minimum Gasteiger partial charge on any atom is -0.387 e. The van der Waals surface area contributed by atoms with Crippen molar-refractivity contribution in [3.8, 4) is 0 Å². The van der Waals surface area contributed by atoms with Crippen LogP contribution in [0.15, 0.2) is 88.8 Å². The van der Waals surface area contributed by atoms with E-state index in [-0.39, 0.29) is 23.5 Å². The number of nitrogens with one attached hydrogen (secondary N) is 2. The summed E-state index contributed by atoms with van der Waals surface area (Å²) in [7, 11) is 0. The lowest BCUT2D eigenvalue weighted by Gasteiger charge is -2.10. The Bertz CT molecular complexity index is 1280. The van der Waals surface area contributed by atoms with Crippen molar-refractivity contribution >= 4 is 28.9 Å². The summed E-state index contributed by atoms with van der Waals surface area (Å²) in [4.78, 5) is 21.6. The lowest BCUT2D eigenvalue weighted by Crippen LogP contribution is -2.28. The van der Waals surface area contributed by atoms with E-state index < -0.39 is 23.8 Å². The van der Waals surface area contributed by atoms with Gasteiger partial charge in [-0.25, -0.2) is 9.98 Å². The van der Waals surface area contributed by atoms with E-state index in [0.29, 0.717) is 11.4 Å². The molecule has 4 rings (SSSR count). The normalized spacial score (nSPS) is 16.2. The summed E-state index contributed by atoms with van der Waals surface area (Å²) in [6, 6.07) is 20.8. The topological polar surface area (TPSA) is 104 Å². The van der Waals surface area contributed by atoms with E-state index in [0.717, 1.165) is 23.3 Å². The number of fused-ring (bicyclic) bond motifs is 1. The van der Waals surface area contributed by atoms with Crippen molar-refractivity contribution in [3.63, 3.8) is 0 Å². The zero-order chi connectivity index (χ0) is 24.3. The fourth-order valence-corrected chi connectivity index (χ4v) is 3.51. The Balaban J connectivity index is 1.61.